The second-order valence-corrected chi connectivity index (χ2v) is 5.30. The molecule has 3 N–H and O–H groups in total. The predicted molar refractivity (Wildman–Crippen MR) is 69.8 cm³/mol. The van der Waals surface area contributed by atoms with E-state index < -0.39 is 11.8 Å². The van der Waals surface area contributed by atoms with E-state index in [1.165, 1.54) is 10.8 Å². The van der Waals surface area contributed by atoms with Crippen LogP contribution in [0.25, 0.3) is 0 Å². The minimum atomic E-state index is -0.948. The van der Waals surface area contributed by atoms with Gasteiger partial charge in [0.25, 0.3) is 0 Å². The van der Waals surface area contributed by atoms with E-state index in [1.54, 1.807) is 0 Å². The summed E-state index contributed by atoms with van der Waals surface area (Å²) in [5.41, 5.74) is 4.77. The van der Waals surface area contributed by atoms with E-state index in [4.69, 9.17) is 5.73 Å². The van der Waals surface area contributed by atoms with Crippen LogP contribution >= 0.6 is 21.8 Å². The van der Waals surface area contributed by atoms with Gasteiger partial charge in [0, 0.05) is 16.7 Å². The Balaban J connectivity index is 3.34. The van der Waals surface area contributed by atoms with Crippen LogP contribution in [0.1, 0.15) is 20.3 Å². The molecule has 0 aliphatic carbocycles. The highest BCUT2D eigenvalue weighted by Gasteiger charge is 2.07. The first-order valence-corrected chi connectivity index (χ1v) is 7.54. The van der Waals surface area contributed by atoms with Gasteiger partial charge in [0.15, 0.2) is 0 Å². The largest absolute Gasteiger partial charge is 0.361 e. The van der Waals surface area contributed by atoms with E-state index in [0.29, 0.717) is 0 Å². The average molecular weight is 265 g/mol. The van der Waals surface area contributed by atoms with E-state index in [9.17, 15) is 9.59 Å². The van der Waals surface area contributed by atoms with Gasteiger partial charge in [-0.1, -0.05) is 24.6 Å². The summed E-state index contributed by atoms with van der Waals surface area (Å²) in [6, 6.07) is 0. The molecule has 0 aromatic carbocycles. The van der Waals surface area contributed by atoms with Gasteiger partial charge < -0.3 is 10.6 Å². The van der Waals surface area contributed by atoms with Gasteiger partial charge in [-0.25, -0.2) is 0 Å². The molecule has 0 rings (SSSR count). The zero-order valence-electron chi connectivity index (χ0n) is 9.69. The number of nitrogens with two attached hydrogens (primary N) is 1. The number of nitrogens with one attached hydrogen (secondary N) is 1. The third-order valence-corrected chi connectivity index (χ3v) is 3.96. The minimum Gasteiger partial charge on any atom is -0.361 e. The van der Waals surface area contributed by atoms with E-state index in [-0.39, 0.29) is 0 Å². The van der Waals surface area contributed by atoms with E-state index in [2.05, 4.69) is 23.5 Å². The molecule has 0 fully saturated rings. The molecule has 0 saturated heterocycles. The normalized spacial score (nSPS) is 10.4. The fourth-order valence-corrected chi connectivity index (χ4v) is 2.62. The molecule has 0 atom stereocenters. The van der Waals surface area contributed by atoms with Crippen LogP contribution in [0.4, 0.5) is 0 Å². The molecule has 7 heteroatoms. The van der Waals surface area contributed by atoms with Crippen LogP contribution in [0.3, 0.4) is 0 Å². The maximum absolute atomic E-state index is 10.7. The molecule has 16 heavy (non-hydrogen) atoms. The molecule has 0 aliphatic heterocycles. The molecular formula is C9H19N3O2S2. The van der Waals surface area contributed by atoms with Crippen LogP contribution < -0.4 is 10.5 Å². The Morgan fingerprint density at radius 2 is 1.94 bits per heavy atom. The van der Waals surface area contributed by atoms with Crippen LogP contribution in [-0.2, 0) is 9.59 Å². The third kappa shape index (κ3) is 7.84. The fraction of sp³-hybridized carbons (Fsp3) is 0.778. The molecule has 0 aliphatic rings. The monoisotopic (exact) mass is 265 g/mol. The Labute approximate surface area is 104 Å². The minimum absolute atomic E-state index is 0.749. The van der Waals surface area contributed by atoms with E-state index in [1.807, 2.05) is 0 Å². The summed E-state index contributed by atoms with van der Waals surface area (Å²) < 4.78 is 2.35. The first kappa shape index (κ1) is 15.6. The van der Waals surface area contributed by atoms with Gasteiger partial charge in [0.2, 0.25) is 0 Å². The van der Waals surface area contributed by atoms with Crippen LogP contribution in [0.5, 0.6) is 0 Å². The maximum atomic E-state index is 10.7. The standard InChI is InChI=1S/C9H19N3O2S2/c1-3-12(4-2)6-5-7-15-16-11-9(14)8(10)13/h3-7H2,1-2H3,(H2,10,13)(H,11,14). The Bertz CT molecular complexity index is 223. The second kappa shape index (κ2) is 9.80. The molecule has 5 nitrogen and oxygen atoms in total. The molecule has 94 valence electrons. The van der Waals surface area contributed by atoms with Crippen molar-refractivity contribution in [3.63, 3.8) is 0 Å². The van der Waals surface area contributed by atoms with Crippen molar-refractivity contribution < 1.29 is 9.59 Å². The molecule has 0 aromatic heterocycles. The molecule has 0 bridgehead atoms. The summed E-state index contributed by atoms with van der Waals surface area (Å²) in [6.07, 6.45) is 1.06. The summed E-state index contributed by atoms with van der Waals surface area (Å²) in [5.74, 6) is -0.766. The van der Waals surface area contributed by atoms with Gasteiger partial charge in [-0.05, 0) is 26.1 Å². The van der Waals surface area contributed by atoms with Gasteiger partial charge in [-0.3, -0.25) is 14.3 Å². The average Bonchev–Trinajstić information content (AvgIpc) is 2.27. The van der Waals surface area contributed by atoms with Crippen molar-refractivity contribution >= 4 is 33.6 Å². The summed E-state index contributed by atoms with van der Waals surface area (Å²) in [5, 5.41) is 0. The number of hydrogen-bond donors (Lipinski definition) is 2. The number of primary amides is 1. The van der Waals surface area contributed by atoms with Crippen molar-refractivity contribution in [1.29, 1.82) is 0 Å². The molecule has 0 radical (unpaired) electrons. The first-order chi connectivity index (χ1) is 7.61. The first-order valence-electron chi connectivity index (χ1n) is 5.22. The number of rotatable bonds is 8. The smallest absolute Gasteiger partial charge is 0.319 e. The lowest BCUT2D eigenvalue weighted by Crippen LogP contribution is -2.31. The third-order valence-electron chi connectivity index (χ3n) is 2.01. The predicted octanol–water partition coefficient (Wildman–Crippen LogP) is 0.616. The van der Waals surface area contributed by atoms with Crippen molar-refractivity contribution in [2.45, 2.75) is 20.3 Å². The lowest BCUT2D eigenvalue weighted by Gasteiger charge is -2.17. The molecule has 0 saturated carbocycles. The van der Waals surface area contributed by atoms with Crippen molar-refractivity contribution in [3.8, 4) is 0 Å². The molecule has 0 aromatic rings. The summed E-state index contributed by atoms with van der Waals surface area (Å²) in [6.45, 7) is 7.46. The Morgan fingerprint density at radius 1 is 1.31 bits per heavy atom. The highest BCUT2D eigenvalue weighted by atomic mass is 33.1. The highest BCUT2D eigenvalue weighted by molar-refractivity contribution is 8.76. The highest BCUT2D eigenvalue weighted by Crippen LogP contribution is 2.17. The van der Waals surface area contributed by atoms with Crippen LogP contribution in [0.15, 0.2) is 0 Å². The lowest BCUT2D eigenvalue weighted by atomic mass is 10.4. The van der Waals surface area contributed by atoms with Gasteiger partial charge >= 0.3 is 11.8 Å². The lowest BCUT2D eigenvalue weighted by molar-refractivity contribution is -0.136. The Hall–Kier alpha value is -0.400. The molecular weight excluding hydrogens is 246 g/mol. The van der Waals surface area contributed by atoms with Gasteiger partial charge in [0.1, 0.15) is 0 Å². The van der Waals surface area contributed by atoms with Crippen LogP contribution in [0, 0.1) is 0 Å². The van der Waals surface area contributed by atoms with Crippen LogP contribution in [-0.4, -0.2) is 42.1 Å². The Kier molecular flexibility index (Phi) is 9.55. The summed E-state index contributed by atoms with van der Waals surface area (Å²) in [7, 11) is 2.67. The number of carbonyl (C=O) groups excluding carboxylic acids is 2. The number of hydrogen-bond acceptors (Lipinski definition) is 5. The zero-order valence-corrected chi connectivity index (χ0v) is 11.3. The van der Waals surface area contributed by atoms with Gasteiger partial charge in [-0.15, -0.1) is 0 Å². The number of nitrogens with zero attached hydrogens (tertiary/aromatic N) is 1. The van der Waals surface area contributed by atoms with E-state index in [0.717, 1.165) is 42.8 Å². The van der Waals surface area contributed by atoms with Crippen molar-refractivity contribution in [1.82, 2.24) is 9.62 Å². The molecule has 0 heterocycles. The SMILES string of the molecule is CCN(CC)CCCSSNC(=O)C(N)=O. The molecule has 2 amide bonds. The van der Waals surface area contributed by atoms with Crippen molar-refractivity contribution in [2.75, 3.05) is 25.4 Å². The summed E-state index contributed by atoms with van der Waals surface area (Å²) in [4.78, 5) is 23.5. The quantitative estimate of drug-likeness (QED) is 0.291. The molecule has 0 unspecified atom stereocenters. The summed E-state index contributed by atoms with van der Waals surface area (Å²) >= 11 is 0. The number of amides is 2. The van der Waals surface area contributed by atoms with Crippen molar-refractivity contribution in [3.05, 3.63) is 0 Å². The van der Waals surface area contributed by atoms with E-state index >= 15 is 0 Å². The molecule has 0 spiro atoms. The van der Waals surface area contributed by atoms with Crippen LogP contribution in [0.2, 0.25) is 0 Å². The second-order valence-electron chi connectivity index (χ2n) is 3.08. The van der Waals surface area contributed by atoms with Gasteiger partial charge in [0.05, 0.1) is 0 Å². The Morgan fingerprint density at radius 3 is 2.44 bits per heavy atom. The maximum Gasteiger partial charge on any atom is 0.319 e. The topological polar surface area (TPSA) is 75.4 Å². The van der Waals surface area contributed by atoms with Gasteiger partial charge in [-0.2, -0.15) is 0 Å². The fourth-order valence-electron chi connectivity index (χ4n) is 1.05. The van der Waals surface area contributed by atoms with Crippen molar-refractivity contribution in [2.24, 2.45) is 5.73 Å². The number of carbonyl (C=O) groups is 2. The zero-order chi connectivity index (χ0) is 12.4.